The van der Waals surface area contributed by atoms with Gasteiger partial charge in [0.15, 0.2) is 0 Å². The van der Waals surface area contributed by atoms with Crippen molar-refractivity contribution in [2.45, 2.75) is 31.8 Å². The van der Waals surface area contributed by atoms with Crippen LogP contribution in [0.4, 0.5) is 4.39 Å². The number of allylic oxidation sites excluding steroid dienone is 4. The number of hydrogen-bond donors (Lipinski definition) is 0. The third-order valence-electron chi connectivity index (χ3n) is 5.25. The van der Waals surface area contributed by atoms with Gasteiger partial charge in [-0.25, -0.2) is 4.39 Å². The van der Waals surface area contributed by atoms with Gasteiger partial charge < -0.3 is 14.4 Å². The lowest BCUT2D eigenvalue weighted by atomic mass is 9.99. The molecular formula is C24H32FNO3. The highest BCUT2D eigenvalue weighted by Gasteiger charge is 2.25. The van der Waals surface area contributed by atoms with Crippen molar-refractivity contribution in [1.82, 2.24) is 4.90 Å². The summed E-state index contributed by atoms with van der Waals surface area (Å²) in [5, 5.41) is 0. The van der Waals surface area contributed by atoms with Crippen LogP contribution in [0.2, 0.25) is 0 Å². The van der Waals surface area contributed by atoms with Crippen molar-refractivity contribution in [2.24, 2.45) is 5.92 Å². The van der Waals surface area contributed by atoms with Crippen LogP contribution in [-0.2, 0) is 14.3 Å². The summed E-state index contributed by atoms with van der Waals surface area (Å²) in [5.74, 6) is -0.304. The Morgan fingerprint density at radius 2 is 1.83 bits per heavy atom. The Morgan fingerprint density at radius 1 is 1.21 bits per heavy atom. The summed E-state index contributed by atoms with van der Waals surface area (Å²) in [6.07, 6.45) is 7.15. The van der Waals surface area contributed by atoms with Gasteiger partial charge >= 0.3 is 5.97 Å². The molecule has 158 valence electrons. The molecule has 4 nitrogen and oxygen atoms in total. The molecule has 0 N–H and O–H groups in total. The summed E-state index contributed by atoms with van der Waals surface area (Å²) in [7, 11) is 2.06. The van der Waals surface area contributed by atoms with E-state index in [1.807, 2.05) is 12.2 Å². The van der Waals surface area contributed by atoms with Crippen LogP contribution in [0.15, 0.2) is 66.8 Å². The SMILES string of the molecule is C=CC1=C(C=C)CCC(C(=O)OCC2CN(C)CCO2)CC1.Fc1ccccc1. The Morgan fingerprint density at radius 3 is 2.31 bits per heavy atom. The van der Waals surface area contributed by atoms with Gasteiger partial charge in [0, 0.05) is 13.1 Å². The van der Waals surface area contributed by atoms with Crippen molar-refractivity contribution >= 4 is 5.97 Å². The molecule has 1 aromatic rings. The third-order valence-corrected chi connectivity index (χ3v) is 5.25. The first-order valence-corrected chi connectivity index (χ1v) is 10.2. The first-order valence-electron chi connectivity index (χ1n) is 10.2. The molecule has 0 bridgehead atoms. The average Bonchev–Trinajstić information content (AvgIpc) is 2.95. The standard InChI is InChI=1S/C18H27NO3.C6H5F/c1-4-14-6-8-16(9-7-15(14)5-2)18(20)22-13-17-12-19(3)10-11-21-17;7-6-4-2-1-3-5-6/h4-5,16-17H,1-2,6-13H2,3H3;1-5H. The first kappa shape index (κ1) is 23.0. The number of ether oxygens (including phenoxy) is 2. The van der Waals surface area contributed by atoms with Crippen molar-refractivity contribution in [3.8, 4) is 0 Å². The van der Waals surface area contributed by atoms with Gasteiger partial charge in [-0.15, -0.1) is 0 Å². The van der Waals surface area contributed by atoms with Crippen LogP contribution in [0.1, 0.15) is 25.7 Å². The maximum absolute atomic E-state index is 12.3. The summed E-state index contributed by atoms with van der Waals surface area (Å²) in [4.78, 5) is 14.5. The molecule has 1 saturated heterocycles. The number of esters is 1. The van der Waals surface area contributed by atoms with E-state index in [4.69, 9.17) is 9.47 Å². The number of nitrogens with zero attached hydrogens (tertiary/aromatic N) is 1. The topological polar surface area (TPSA) is 38.8 Å². The van der Waals surface area contributed by atoms with Crippen LogP contribution < -0.4 is 0 Å². The number of rotatable bonds is 5. The Bertz CT molecular complexity index is 679. The molecule has 1 heterocycles. The summed E-state index contributed by atoms with van der Waals surface area (Å²) < 4.78 is 23.0. The smallest absolute Gasteiger partial charge is 0.309 e. The van der Waals surface area contributed by atoms with Crippen molar-refractivity contribution in [3.05, 3.63) is 72.6 Å². The van der Waals surface area contributed by atoms with Crippen LogP contribution in [0.3, 0.4) is 0 Å². The molecule has 1 fully saturated rings. The van der Waals surface area contributed by atoms with Crippen LogP contribution >= 0.6 is 0 Å². The Kier molecular flexibility index (Phi) is 9.81. The Labute approximate surface area is 173 Å². The number of carbonyl (C=O) groups is 1. The molecule has 2 aliphatic rings. The predicted octanol–water partition coefficient (Wildman–Crippen LogP) is 4.54. The fourth-order valence-corrected chi connectivity index (χ4v) is 3.50. The number of hydrogen-bond acceptors (Lipinski definition) is 4. The molecule has 1 aliphatic carbocycles. The lowest BCUT2D eigenvalue weighted by Crippen LogP contribution is -2.42. The van der Waals surface area contributed by atoms with Gasteiger partial charge in [-0.05, 0) is 56.0 Å². The molecule has 0 aromatic heterocycles. The summed E-state index contributed by atoms with van der Waals surface area (Å²) in [5.41, 5.74) is 2.42. The predicted molar refractivity (Wildman–Crippen MR) is 114 cm³/mol. The van der Waals surface area contributed by atoms with Gasteiger partial charge in [0.2, 0.25) is 0 Å². The molecule has 29 heavy (non-hydrogen) atoms. The van der Waals surface area contributed by atoms with Gasteiger partial charge in [0.05, 0.1) is 12.5 Å². The van der Waals surface area contributed by atoms with Gasteiger partial charge in [-0.1, -0.05) is 43.5 Å². The zero-order valence-electron chi connectivity index (χ0n) is 17.3. The zero-order chi connectivity index (χ0) is 21.1. The molecule has 1 atom stereocenters. The van der Waals surface area contributed by atoms with E-state index in [0.29, 0.717) is 13.2 Å². The molecule has 5 heteroatoms. The van der Waals surface area contributed by atoms with Crippen molar-refractivity contribution in [2.75, 3.05) is 33.4 Å². The second-order valence-electron chi connectivity index (χ2n) is 7.41. The second-order valence-corrected chi connectivity index (χ2v) is 7.41. The minimum atomic E-state index is -0.178. The summed E-state index contributed by atoms with van der Waals surface area (Å²) in [6.45, 7) is 10.5. The number of benzene rings is 1. The minimum absolute atomic E-state index is 0.000856. The van der Waals surface area contributed by atoms with E-state index in [2.05, 4.69) is 25.1 Å². The fraction of sp³-hybridized carbons (Fsp3) is 0.458. The van der Waals surface area contributed by atoms with Crippen LogP contribution in [0, 0.1) is 11.7 Å². The maximum Gasteiger partial charge on any atom is 0.309 e. The highest BCUT2D eigenvalue weighted by Crippen LogP contribution is 2.29. The van der Waals surface area contributed by atoms with E-state index >= 15 is 0 Å². The van der Waals surface area contributed by atoms with Crippen molar-refractivity contribution in [1.29, 1.82) is 0 Å². The van der Waals surface area contributed by atoms with Gasteiger partial charge in [-0.3, -0.25) is 4.79 Å². The highest BCUT2D eigenvalue weighted by atomic mass is 19.1. The van der Waals surface area contributed by atoms with E-state index in [0.717, 1.165) is 38.8 Å². The van der Waals surface area contributed by atoms with Gasteiger partial charge in [0.1, 0.15) is 18.5 Å². The van der Waals surface area contributed by atoms with Crippen LogP contribution in [0.5, 0.6) is 0 Å². The molecule has 0 spiro atoms. The normalized spacial score (nSPS) is 20.8. The summed E-state index contributed by atoms with van der Waals surface area (Å²) >= 11 is 0. The molecule has 3 rings (SSSR count). The largest absolute Gasteiger partial charge is 0.463 e. The van der Waals surface area contributed by atoms with Gasteiger partial charge in [0.25, 0.3) is 0 Å². The number of morpholine rings is 1. The lowest BCUT2D eigenvalue weighted by molar-refractivity contribution is -0.155. The number of halogens is 1. The zero-order valence-corrected chi connectivity index (χ0v) is 17.3. The first-order chi connectivity index (χ1) is 14.0. The lowest BCUT2D eigenvalue weighted by Gasteiger charge is -2.29. The van der Waals surface area contributed by atoms with E-state index < -0.39 is 0 Å². The van der Waals surface area contributed by atoms with E-state index in [1.54, 1.807) is 18.2 Å². The maximum atomic E-state index is 12.3. The fourth-order valence-electron chi connectivity index (χ4n) is 3.50. The monoisotopic (exact) mass is 401 g/mol. The summed E-state index contributed by atoms with van der Waals surface area (Å²) in [6, 6.07) is 7.94. The number of likely N-dealkylation sites (N-methyl/N-ethyl adjacent to an activating group) is 1. The van der Waals surface area contributed by atoms with E-state index in [-0.39, 0.29) is 23.8 Å². The average molecular weight is 402 g/mol. The molecule has 0 radical (unpaired) electrons. The quantitative estimate of drug-likeness (QED) is 0.679. The molecule has 0 amide bonds. The molecule has 1 aliphatic heterocycles. The van der Waals surface area contributed by atoms with E-state index in [1.165, 1.54) is 23.3 Å². The molecule has 0 saturated carbocycles. The molecule has 1 unspecified atom stereocenters. The van der Waals surface area contributed by atoms with Crippen molar-refractivity contribution in [3.63, 3.8) is 0 Å². The van der Waals surface area contributed by atoms with E-state index in [9.17, 15) is 9.18 Å². The van der Waals surface area contributed by atoms with Crippen LogP contribution in [-0.4, -0.2) is 50.3 Å². The van der Waals surface area contributed by atoms with Crippen LogP contribution in [0.25, 0.3) is 0 Å². The Balaban J connectivity index is 0.000000360. The molecular weight excluding hydrogens is 369 g/mol. The Hall–Kier alpha value is -2.24. The second kappa shape index (κ2) is 12.3. The number of carbonyl (C=O) groups excluding carboxylic acids is 1. The van der Waals surface area contributed by atoms with Gasteiger partial charge in [-0.2, -0.15) is 0 Å². The minimum Gasteiger partial charge on any atom is -0.463 e. The highest BCUT2D eigenvalue weighted by molar-refractivity contribution is 5.72. The van der Waals surface area contributed by atoms with Crippen molar-refractivity contribution < 1.29 is 18.7 Å². The third kappa shape index (κ3) is 7.95. The molecule has 1 aromatic carbocycles.